The fraction of sp³-hybridized carbons (Fsp3) is 0.154. The van der Waals surface area contributed by atoms with E-state index in [1.807, 2.05) is 0 Å². The lowest BCUT2D eigenvalue weighted by molar-refractivity contribution is -0.116. The molecule has 2 aromatic rings. The van der Waals surface area contributed by atoms with E-state index in [1.165, 1.54) is 16.9 Å². The first kappa shape index (κ1) is 14.1. The molecule has 0 aliphatic heterocycles. The van der Waals surface area contributed by atoms with Crippen LogP contribution in [0.5, 0.6) is 0 Å². The summed E-state index contributed by atoms with van der Waals surface area (Å²) in [6.07, 6.45) is 1.51. The van der Waals surface area contributed by atoms with Crippen molar-refractivity contribution in [1.29, 1.82) is 0 Å². The van der Waals surface area contributed by atoms with Gasteiger partial charge in [-0.3, -0.25) is 9.48 Å². The van der Waals surface area contributed by atoms with Gasteiger partial charge in [0.25, 0.3) is 0 Å². The molecule has 0 saturated carbocycles. The van der Waals surface area contributed by atoms with Crippen molar-refractivity contribution < 1.29 is 14.7 Å². The van der Waals surface area contributed by atoms with E-state index in [4.69, 9.17) is 16.7 Å². The number of aromatic nitrogens is 2. The Bertz CT molecular complexity index is 639. The number of nitrogens with one attached hydrogen (secondary N) is 1. The number of amides is 1. The lowest BCUT2D eigenvalue weighted by Gasteiger charge is -2.06. The molecule has 0 aliphatic carbocycles. The zero-order valence-corrected chi connectivity index (χ0v) is 11.2. The number of halogens is 1. The molecule has 0 radical (unpaired) electrons. The topological polar surface area (TPSA) is 84.2 Å². The second-order valence-corrected chi connectivity index (χ2v) is 4.49. The second kappa shape index (κ2) is 6.21. The van der Waals surface area contributed by atoms with Gasteiger partial charge in [-0.2, -0.15) is 5.10 Å². The summed E-state index contributed by atoms with van der Waals surface area (Å²) in [5.74, 6) is -1.31. The lowest BCUT2D eigenvalue weighted by Crippen LogP contribution is -2.17. The van der Waals surface area contributed by atoms with E-state index in [0.29, 0.717) is 10.7 Å². The number of aromatic carboxylic acids is 1. The van der Waals surface area contributed by atoms with Crippen LogP contribution in [0, 0.1) is 0 Å². The predicted octanol–water partition coefficient (Wildman–Crippen LogP) is 2.26. The molecule has 0 aliphatic rings. The van der Waals surface area contributed by atoms with Crippen LogP contribution in [0.3, 0.4) is 0 Å². The van der Waals surface area contributed by atoms with Crippen LogP contribution in [-0.4, -0.2) is 26.8 Å². The molecule has 0 fully saturated rings. The molecule has 1 aromatic carbocycles. The van der Waals surface area contributed by atoms with E-state index < -0.39 is 5.97 Å². The number of carboxylic acids is 1. The summed E-state index contributed by atoms with van der Waals surface area (Å²) in [6.45, 7) is 0.195. The predicted molar refractivity (Wildman–Crippen MR) is 73.9 cm³/mol. The summed E-state index contributed by atoms with van der Waals surface area (Å²) in [5.41, 5.74) is 0.655. The van der Waals surface area contributed by atoms with E-state index in [0.717, 1.165) is 0 Å². The number of carboxylic acid groups (broad SMARTS) is 1. The minimum Gasteiger partial charge on any atom is -0.477 e. The van der Waals surface area contributed by atoms with Crippen molar-refractivity contribution in [3.8, 4) is 0 Å². The third-order valence-electron chi connectivity index (χ3n) is 2.59. The number of benzene rings is 1. The van der Waals surface area contributed by atoms with Crippen LogP contribution in [0.25, 0.3) is 0 Å². The van der Waals surface area contributed by atoms with Crippen molar-refractivity contribution in [2.75, 3.05) is 5.32 Å². The normalized spacial score (nSPS) is 10.2. The Labute approximate surface area is 120 Å². The Morgan fingerprint density at radius 2 is 2.15 bits per heavy atom. The van der Waals surface area contributed by atoms with Crippen LogP contribution >= 0.6 is 11.6 Å². The molecule has 1 heterocycles. The van der Waals surface area contributed by atoms with Crippen LogP contribution in [-0.2, 0) is 11.3 Å². The highest BCUT2D eigenvalue weighted by atomic mass is 35.5. The number of hydrogen-bond acceptors (Lipinski definition) is 3. The quantitative estimate of drug-likeness (QED) is 0.885. The van der Waals surface area contributed by atoms with Gasteiger partial charge in [-0.1, -0.05) is 17.7 Å². The van der Waals surface area contributed by atoms with Gasteiger partial charge in [0.05, 0.1) is 6.54 Å². The van der Waals surface area contributed by atoms with Crippen LogP contribution in [0.1, 0.15) is 16.9 Å². The van der Waals surface area contributed by atoms with Crippen molar-refractivity contribution in [3.05, 3.63) is 47.2 Å². The third-order valence-corrected chi connectivity index (χ3v) is 2.83. The molecule has 0 bridgehead atoms. The van der Waals surface area contributed by atoms with Gasteiger partial charge in [-0.25, -0.2) is 4.79 Å². The summed E-state index contributed by atoms with van der Waals surface area (Å²) in [4.78, 5) is 22.6. The maximum absolute atomic E-state index is 11.8. The van der Waals surface area contributed by atoms with Gasteiger partial charge in [0.15, 0.2) is 0 Å². The monoisotopic (exact) mass is 293 g/mol. The Hall–Kier alpha value is -2.34. The van der Waals surface area contributed by atoms with Gasteiger partial charge in [0.1, 0.15) is 5.69 Å². The third kappa shape index (κ3) is 3.58. The van der Waals surface area contributed by atoms with E-state index in [9.17, 15) is 9.59 Å². The SMILES string of the molecule is O=C(CCn1nccc1C(=O)O)Nc1cccc(Cl)c1. The summed E-state index contributed by atoms with van der Waals surface area (Å²) >= 11 is 5.81. The molecular weight excluding hydrogens is 282 g/mol. The Morgan fingerprint density at radius 1 is 1.35 bits per heavy atom. The minimum atomic E-state index is -1.07. The maximum atomic E-state index is 11.8. The number of carbonyl (C=O) groups excluding carboxylic acids is 1. The number of rotatable bonds is 5. The van der Waals surface area contributed by atoms with Gasteiger partial charge in [-0.05, 0) is 24.3 Å². The van der Waals surface area contributed by atoms with Crippen molar-refractivity contribution >= 4 is 29.2 Å². The molecule has 6 nitrogen and oxygen atoms in total. The van der Waals surface area contributed by atoms with Gasteiger partial charge in [-0.15, -0.1) is 0 Å². The number of anilines is 1. The van der Waals surface area contributed by atoms with E-state index in [-0.39, 0.29) is 24.6 Å². The molecule has 2 rings (SSSR count). The molecule has 0 unspecified atom stereocenters. The highest BCUT2D eigenvalue weighted by Gasteiger charge is 2.11. The van der Waals surface area contributed by atoms with Crippen molar-refractivity contribution in [3.63, 3.8) is 0 Å². The first-order chi connectivity index (χ1) is 9.56. The minimum absolute atomic E-state index is 0.0561. The molecule has 0 spiro atoms. The van der Waals surface area contributed by atoms with Crippen molar-refractivity contribution in [2.45, 2.75) is 13.0 Å². The van der Waals surface area contributed by atoms with Crippen LogP contribution < -0.4 is 5.32 Å². The zero-order chi connectivity index (χ0) is 14.5. The van der Waals surface area contributed by atoms with Crippen LogP contribution in [0.4, 0.5) is 5.69 Å². The molecule has 1 amide bonds. The zero-order valence-electron chi connectivity index (χ0n) is 10.4. The molecule has 1 aromatic heterocycles. The van der Waals surface area contributed by atoms with Gasteiger partial charge in [0.2, 0.25) is 5.91 Å². The van der Waals surface area contributed by atoms with Crippen molar-refractivity contribution in [2.24, 2.45) is 0 Å². The highest BCUT2D eigenvalue weighted by molar-refractivity contribution is 6.30. The highest BCUT2D eigenvalue weighted by Crippen LogP contribution is 2.15. The fourth-order valence-corrected chi connectivity index (χ4v) is 1.88. The van der Waals surface area contributed by atoms with E-state index in [2.05, 4.69) is 10.4 Å². The molecule has 104 valence electrons. The average Bonchev–Trinajstić information content (AvgIpc) is 2.85. The van der Waals surface area contributed by atoms with E-state index >= 15 is 0 Å². The molecule has 2 N–H and O–H groups in total. The van der Waals surface area contributed by atoms with Gasteiger partial charge < -0.3 is 10.4 Å². The molecular formula is C13H12ClN3O3. The smallest absolute Gasteiger partial charge is 0.354 e. The van der Waals surface area contributed by atoms with Gasteiger partial charge in [0, 0.05) is 23.3 Å². The summed E-state index contributed by atoms with van der Waals surface area (Å²) < 4.78 is 1.28. The maximum Gasteiger partial charge on any atom is 0.354 e. The number of aryl methyl sites for hydroxylation is 1. The number of carbonyl (C=O) groups is 2. The molecule has 0 atom stereocenters. The standard InChI is InChI=1S/C13H12ClN3O3/c14-9-2-1-3-10(8-9)16-12(18)5-7-17-11(13(19)20)4-6-15-17/h1-4,6,8H,5,7H2,(H,16,18)(H,19,20). The first-order valence-corrected chi connectivity index (χ1v) is 6.24. The van der Waals surface area contributed by atoms with Gasteiger partial charge >= 0.3 is 5.97 Å². The molecule has 0 saturated heterocycles. The van der Waals surface area contributed by atoms with Crippen molar-refractivity contribution in [1.82, 2.24) is 9.78 Å². The lowest BCUT2D eigenvalue weighted by atomic mass is 10.3. The number of nitrogens with zero attached hydrogens (tertiary/aromatic N) is 2. The Kier molecular flexibility index (Phi) is 4.37. The average molecular weight is 294 g/mol. The fourth-order valence-electron chi connectivity index (χ4n) is 1.69. The molecule has 20 heavy (non-hydrogen) atoms. The van der Waals surface area contributed by atoms with Crippen LogP contribution in [0.2, 0.25) is 5.02 Å². The largest absolute Gasteiger partial charge is 0.477 e. The second-order valence-electron chi connectivity index (χ2n) is 4.05. The van der Waals surface area contributed by atoms with E-state index in [1.54, 1.807) is 24.3 Å². The summed E-state index contributed by atoms with van der Waals surface area (Å²) in [7, 11) is 0. The first-order valence-electron chi connectivity index (χ1n) is 5.87. The Balaban J connectivity index is 1.92. The Morgan fingerprint density at radius 3 is 2.85 bits per heavy atom. The summed E-state index contributed by atoms with van der Waals surface area (Å²) in [6, 6.07) is 8.18. The number of hydrogen-bond donors (Lipinski definition) is 2. The summed E-state index contributed by atoms with van der Waals surface area (Å²) in [5, 5.41) is 16.0. The van der Waals surface area contributed by atoms with Crippen LogP contribution in [0.15, 0.2) is 36.5 Å². The molecule has 7 heteroatoms.